The minimum atomic E-state index is 0.123. The molecule has 0 bridgehead atoms. The smallest absolute Gasteiger partial charge is 0.191 e. The fraction of sp³-hybridized carbons (Fsp3) is 0.381. The highest BCUT2D eigenvalue weighted by Gasteiger charge is 2.17. The van der Waals surface area contributed by atoms with Gasteiger partial charge in [0.1, 0.15) is 0 Å². The first-order valence-electron chi connectivity index (χ1n) is 8.90. The molecule has 0 saturated carbocycles. The summed E-state index contributed by atoms with van der Waals surface area (Å²) in [6.45, 7) is 10.6. The van der Waals surface area contributed by atoms with Gasteiger partial charge in [-0.3, -0.25) is 4.79 Å². The summed E-state index contributed by atoms with van der Waals surface area (Å²) < 4.78 is 1.95. The molecule has 3 rings (SSSR count). The van der Waals surface area contributed by atoms with Crippen LogP contribution < -0.4 is 0 Å². The van der Waals surface area contributed by atoms with Crippen LogP contribution in [-0.2, 0) is 12.5 Å². The topological polar surface area (TPSA) is 47.8 Å². The Hall–Kier alpha value is -1.92. The zero-order valence-corrected chi connectivity index (χ0v) is 18.3. The molecule has 0 aliphatic heterocycles. The number of thiophene rings is 1. The van der Waals surface area contributed by atoms with E-state index in [2.05, 4.69) is 55.2 Å². The molecular weight excluding hydrogens is 374 g/mol. The maximum atomic E-state index is 12.5. The van der Waals surface area contributed by atoms with Crippen LogP contribution in [0.4, 0.5) is 0 Å². The second-order valence-electron chi connectivity index (χ2n) is 7.73. The minimum Gasteiger partial charge on any atom is -0.305 e. The highest BCUT2D eigenvalue weighted by atomic mass is 32.2. The van der Waals surface area contributed by atoms with Crippen molar-refractivity contribution in [1.29, 1.82) is 0 Å². The van der Waals surface area contributed by atoms with Gasteiger partial charge in [0, 0.05) is 27.9 Å². The number of ketones is 1. The molecule has 142 valence electrons. The number of hydrogen-bond acceptors (Lipinski definition) is 5. The maximum Gasteiger partial charge on any atom is 0.191 e. The fourth-order valence-corrected chi connectivity index (χ4v) is 4.66. The monoisotopic (exact) mass is 399 g/mol. The number of nitrogens with zero attached hydrogens (tertiary/aromatic N) is 3. The molecule has 0 N–H and O–H groups in total. The molecule has 0 aliphatic rings. The van der Waals surface area contributed by atoms with Crippen molar-refractivity contribution < 1.29 is 4.79 Å². The number of aryl methyl sites for hydroxylation is 2. The second kappa shape index (κ2) is 7.60. The lowest BCUT2D eigenvalue weighted by molar-refractivity contribution is 0.102. The van der Waals surface area contributed by atoms with Crippen LogP contribution in [0.15, 0.2) is 35.5 Å². The van der Waals surface area contributed by atoms with Crippen LogP contribution in [0.2, 0.25) is 0 Å². The van der Waals surface area contributed by atoms with Gasteiger partial charge >= 0.3 is 0 Å². The van der Waals surface area contributed by atoms with Crippen LogP contribution in [0, 0.1) is 13.8 Å². The summed E-state index contributed by atoms with van der Waals surface area (Å²) in [5.41, 5.74) is 3.26. The van der Waals surface area contributed by atoms with Gasteiger partial charge in [-0.2, -0.15) is 0 Å². The van der Waals surface area contributed by atoms with E-state index in [-0.39, 0.29) is 11.2 Å². The molecule has 6 heteroatoms. The third kappa shape index (κ3) is 4.33. The van der Waals surface area contributed by atoms with E-state index in [1.165, 1.54) is 22.2 Å². The second-order valence-corrected chi connectivity index (χ2v) is 10.1. The number of Topliss-reactive ketones (excluding diaryl/α,β-unsaturated/α-hetero) is 1. The quantitative estimate of drug-likeness (QED) is 0.424. The molecule has 0 aliphatic carbocycles. The van der Waals surface area contributed by atoms with Crippen molar-refractivity contribution in [3.8, 4) is 11.4 Å². The first kappa shape index (κ1) is 19.8. The molecule has 0 fully saturated rings. The first-order chi connectivity index (χ1) is 12.7. The largest absolute Gasteiger partial charge is 0.305 e. The highest BCUT2D eigenvalue weighted by Crippen LogP contribution is 2.28. The number of rotatable bonds is 5. The van der Waals surface area contributed by atoms with E-state index in [0.29, 0.717) is 5.75 Å². The van der Waals surface area contributed by atoms with Gasteiger partial charge in [0.25, 0.3) is 0 Å². The van der Waals surface area contributed by atoms with E-state index in [1.807, 2.05) is 31.5 Å². The number of benzene rings is 1. The van der Waals surface area contributed by atoms with Crippen molar-refractivity contribution in [3.05, 3.63) is 51.2 Å². The van der Waals surface area contributed by atoms with Crippen molar-refractivity contribution in [3.63, 3.8) is 0 Å². The van der Waals surface area contributed by atoms with Gasteiger partial charge in [-0.15, -0.1) is 21.5 Å². The first-order valence-corrected chi connectivity index (χ1v) is 10.7. The molecule has 0 atom stereocenters. The number of carbonyl (C=O) groups excluding carboxylic acids is 1. The van der Waals surface area contributed by atoms with Crippen molar-refractivity contribution >= 4 is 28.9 Å². The molecule has 0 unspecified atom stereocenters. The summed E-state index contributed by atoms with van der Waals surface area (Å²) in [4.78, 5) is 14.7. The molecule has 2 heterocycles. The standard InChI is InChI=1S/C21H25N3OS2/c1-13-11-17(14(2)27-13)18(25)12-26-20-23-22-19(24(20)6)15-7-9-16(10-8-15)21(3,4)5/h7-11H,12H2,1-6H3. The van der Waals surface area contributed by atoms with Gasteiger partial charge in [0.15, 0.2) is 16.8 Å². The van der Waals surface area contributed by atoms with Crippen molar-refractivity contribution in [2.24, 2.45) is 7.05 Å². The zero-order valence-electron chi connectivity index (χ0n) is 16.7. The predicted molar refractivity (Wildman–Crippen MR) is 114 cm³/mol. The van der Waals surface area contributed by atoms with Gasteiger partial charge in [0.2, 0.25) is 0 Å². The van der Waals surface area contributed by atoms with Gasteiger partial charge in [-0.1, -0.05) is 56.8 Å². The predicted octanol–water partition coefficient (Wildman–Crippen LogP) is 5.43. The number of hydrogen-bond donors (Lipinski definition) is 0. The van der Waals surface area contributed by atoms with Crippen LogP contribution in [0.25, 0.3) is 11.4 Å². The van der Waals surface area contributed by atoms with E-state index < -0.39 is 0 Å². The van der Waals surface area contributed by atoms with Crippen LogP contribution in [0.3, 0.4) is 0 Å². The van der Waals surface area contributed by atoms with Crippen LogP contribution >= 0.6 is 23.1 Å². The highest BCUT2D eigenvalue weighted by molar-refractivity contribution is 7.99. The summed E-state index contributed by atoms with van der Waals surface area (Å²) in [7, 11) is 1.94. The summed E-state index contributed by atoms with van der Waals surface area (Å²) in [5, 5.41) is 9.37. The molecule has 0 saturated heterocycles. The summed E-state index contributed by atoms with van der Waals surface area (Å²) in [5.74, 6) is 1.32. The van der Waals surface area contributed by atoms with Crippen LogP contribution in [0.1, 0.15) is 46.4 Å². The van der Waals surface area contributed by atoms with Crippen molar-refractivity contribution in [1.82, 2.24) is 14.8 Å². The van der Waals surface area contributed by atoms with E-state index in [0.717, 1.165) is 27.0 Å². The Balaban J connectivity index is 1.74. The number of aromatic nitrogens is 3. The molecule has 1 aromatic carbocycles. The average Bonchev–Trinajstić information content (AvgIpc) is 3.14. The summed E-state index contributed by atoms with van der Waals surface area (Å²) in [6, 6.07) is 10.4. The third-order valence-corrected chi connectivity index (χ3v) is 6.50. The number of carbonyl (C=O) groups is 1. The number of thioether (sulfide) groups is 1. The Kier molecular flexibility index (Phi) is 5.58. The molecule has 0 radical (unpaired) electrons. The van der Waals surface area contributed by atoms with Crippen molar-refractivity contribution in [2.75, 3.05) is 5.75 Å². The van der Waals surface area contributed by atoms with Gasteiger partial charge < -0.3 is 4.57 Å². The molecule has 3 aromatic rings. The Morgan fingerprint density at radius 1 is 1.15 bits per heavy atom. The molecule has 2 aromatic heterocycles. The minimum absolute atomic E-state index is 0.123. The van der Waals surface area contributed by atoms with E-state index in [4.69, 9.17) is 0 Å². The molecule has 4 nitrogen and oxygen atoms in total. The Morgan fingerprint density at radius 2 is 1.81 bits per heavy atom. The molecule has 27 heavy (non-hydrogen) atoms. The van der Waals surface area contributed by atoms with Gasteiger partial charge in [-0.05, 0) is 30.9 Å². The average molecular weight is 400 g/mol. The third-order valence-electron chi connectivity index (χ3n) is 4.52. The molecule has 0 amide bonds. The lowest BCUT2D eigenvalue weighted by Gasteiger charge is -2.19. The van der Waals surface area contributed by atoms with E-state index in [9.17, 15) is 4.79 Å². The Labute approximate surface area is 169 Å². The molecular formula is C21H25N3OS2. The normalized spacial score (nSPS) is 11.8. The summed E-state index contributed by atoms with van der Waals surface area (Å²) in [6.07, 6.45) is 0. The zero-order chi connectivity index (χ0) is 19.8. The Bertz CT molecular complexity index is 962. The van der Waals surface area contributed by atoms with Gasteiger partial charge in [0.05, 0.1) is 5.75 Å². The Morgan fingerprint density at radius 3 is 2.37 bits per heavy atom. The van der Waals surface area contributed by atoms with Gasteiger partial charge in [-0.25, -0.2) is 0 Å². The lowest BCUT2D eigenvalue weighted by atomic mass is 9.87. The van der Waals surface area contributed by atoms with Crippen LogP contribution in [-0.4, -0.2) is 26.3 Å². The van der Waals surface area contributed by atoms with Crippen molar-refractivity contribution in [2.45, 2.75) is 45.2 Å². The fourth-order valence-electron chi connectivity index (χ4n) is 2.93. The van der Waals surface area contributed by atoms with E-state index >= 15 is 0 Å². The van der Waals surface area contributed by atoms with E-state index in [1.54, 1.807) is 11.3 Å². The lowest BCUT2D eigenvalue weighted by Crippen LogP contribution is -2.10. The van der Waals surface area contributed by atoms with Crippen LogP contribution in [0.5, 0.6) is 0 Å². The maximum absolute atomic E-state index is 12.5. The SMILES string of the molecule is Cc1cc(C(=O)CSc2nnc(-c3ccc(C(C)(C)C)cc3)n2C)c(C)s1. The summed E-state index contributed by atoms with van der Waals surface area (Å²) >= 11 is 3.10. The molecule has 0 spiro atoms.